The highest BCUT2D eigenvalue weighted by Gasteiger charge is 2.30. The monoisotopic (exact) mass is 329 g/mol. The molecule has 0 bridgehead atoms. The van der Waals surface area contributed by atoms with Crippen molar-refractivity contribution in [3.05, 3.63) is 10.4 Å². The average Bonchev–Trinajstić information content (AvgIpc) is 2.76. The molecule has 2 N–H and O–H groups in total. The van der Waals surface area contributed by atoms with Crippen molar-refractivity contribution in [2.75, 3.05) is 41.8 Å². The SMILES string of the molecule is CCOC(=O)c1c(N2CCS(=O)(=O)CC2)sc(C#N)c1N. The maximum absolute atomic E-state index is 12.0. The summed E-state index contributed by atoms with van der Waals surface area (Å²) >= 11 is 1.09. The molecule has 0 amide bonds. The van der Waals surface area contributed by atoms with Crippen molar-refractivity contribution in [1.29, 1.82) is 5.26 Å². The molecular formula is C12H15N3O4S2. The molecule has 0 unspecified atom stereocenters. The van der Waals surface area contributed by atoms with Crippen LogP contribution in [-0.2, 0) is 14.6 Å². The predicted molar refractivity (Wildman–Crippen MR) is 80.3 cm³/mol. The third kappa shape index (κ3) is 3.11. The zero-order valence-corrected chi connectivity index (χ0v) is 13.1. The van der Waals surface area contributed by atoms with Gasteiger partial charge in [0.1, 0.15) is 21.5 Å². The van der Waals surface area contributed by atoms with E-state index in [9.17, 15) is 13.2 Å². The maximum atomic E-state index is 12.0. The van der Waals surface area contributed by atoms with E-state index >= 15 is 0 Å². The average molecular weight is 329 g/mol. The van der Waals surface area contributed by atoms with Crippen molar-refractivity contribution >= 4 is 37.8 Å². The van der Waals surface area contributed by atoms with Gasteiger partial charge in [-0.15, -0.1) is 11.3 Å². The number of nitrogens with two attached hydrogens (primary N) is 1. The minimum atomic E-state index is -3.03. The van der Waals surface area contributed by atoms with Gasteiger partial charge in [-0.1, -0.05) is 0 Å². The highest BCUT2D eigenvalue weighted by Crippen LogP contribution is 2.38. The molecule has 0 aromatic carbocycles. The molecule has 0 spiro atoms. The summed E-state index contributed by atoms with van der Waals surface area (Å²) in [6.45, 7) is 2.43. The van der Waals surface area contributed by atoms with Crippen LogP contribution in [0.5, 0.6) is 0 Å². The summed E-state index contributed by atoms with van der Waals surface area (Å²) < 4.78 is 27.9. The van der Waals surface area contributed by atoms with E-state index in [2.05, 4.69) is 0 Å². The molecule has 114 valence electrons. The lowest BCUT2D eigenvalue weighted by molar-refractivity contribution is 0.0529. The third-order valence-corrected chi connectivity index (χ3v) is 5.92. The molecule has 0 radical (unpaired) electrons. The van der Waals surface area contributed by atoms with E-state index in [1.54, 1.807) is 11.8 Å². The fraction of sp³-hybridized carbons (Fsp3) is 0.500. The molecule has 7 nitrogen and oxygen atoms in total. The molecule has 1 aromatic heterocycles. The molecule has 1 aliphatic rings. The number of sulfone groups is 1. The first kappa shape index (κ1) is 15.6. The van der Waals surface area contributed by atoms with Crippen LogP contribution in [-0.4, -0.2) is 45.6 Å². The molecule has 21 heavy (non-hydrogen) atoms. The molecule has 1 aromatic rings. The zero-order chi connectivity index (χ0) is 15.6. The normalized spacial score (nSPS) is 17.2. The van der Waals surface area contributed by atoms with Gasteiger partial charge in [0, 0.05) is 13.1 Å². The van der Waals surface area contributed by atoms with Gasteiger partial charge in [-0.25, -0.2) is 13.2 Å². The summed E-state index contributed by atoms with van der Waals surface area (Å²) in [7, 11) is -3.03. The van der Waals surface area contributed by atoms with E-state index in [0.717, 1.165) is 11.3 Å². The maximum Gasteiger partial charge on any atom is 0.343 e. The van der Waals surface area contributed by atoms with Gasteiger partial charge in [-0.05, 0) is 6.92 Å². The Morgan fingerprint density at radius 2 is 2.10 bits per heavy atom. The van der Waals surface area contributed by atoms with Gasteiger partial charge in [-0.2, -0.15) is 5.26 Å². The van der Waals surface area contributed by atoms with Gasteiger partial charge in [0.05, 0.1) is 23.8 Å². The number of thiophene rings is 1. The molecule has 0 saturated carbocycles. The molecule has 0 aliphatic carbocycles. The number of nitrogen functional groups attached to an aromatic ring is 1. The van der Waals surface area contributed by atoms with Crippen LogP contribution in [0.15, 0.2) is 0 Å². The topological polar surface area (TPSA) is 113 Å². The van der Waals surface area contributed by atoms with Crippen LogP contribution in [0, 0.1) is 11.3 Å². The second kappa shape index (κ2) is 5.91. The van der Waals surface area contributed by atoms with Crippen LogP contribution in [0.3, 0.4) is 0 Å². The minimum absolute atomic E-state index is 0.0228. The largest absolute Gasteiger partial charge is 0.462 e. The van der Waals surface area contributed by atoms with E-state index in [4.69, 9.17) is 15.7 Å². The first-order chi connectivity index (χ1) is 9.89. The Morgan fingerprint density at radius 3 is 2.62 bits per heavy atom. The quantitative estimate of drug-likeness (QED) is 0.808. The minimum Gasteiger partial charge on any atom is -0.462 e. The Bertz CT molecular complexity index is 689. The van der Waals surface area contributed by atoms with Gasteiger partial charge >= 0.3 is 5.97 Å². The lowest BCUT2D eigenvalue weighted by atomic mass is 10.2. The number of nitriles is 1. The Hall–Kier alpha value is -1.79. The van der Waals surface area contributed by atoms with E-state index in [1.165, 1.54) is 0 Å². The van der Waals surface area contributed by atoms with Gasteiger partial charge in [0.25, 0.3) is 0 Å². The molecule has 1 fully saturated rings. The van der Waals surface area contributed by atoms with Gasteiger partial charge in [-0.3, -0.25) is 0 Å². The van der Waals surface area contributed by atoms with Crippen molar-refractivity contribution < 1.29 is 17.9 Å². The third-order valence-electron chi connectivity index (χ3n) is 3.14. The highest BCUT2D eigenvalue weighted by molar-refractivity contribution is 7.91. The summed E-state index contributed by atoms with van der Waals surface area (Å²) in [6, 6.07) is 1.95. The van der Waals surface area contributed by atoms with Crippen molar-refractivity contribution in [3.63, 3.8) is 0 Å². The van der Waals surface area contributed by atoms with E-state index < -0.39 is 15.8 Å². The lowest BCUT2D eigenvalue weighted by Gasteiger charge is -2.28. The molecule has 2 rings (SSSR count). The van der Waals surface area contributed by atoms with Gasteiger partial charge < -0.3 is 15.4 Å². The van der Waals surface area contributed by atoms with Crippen molar-refractivity contribution in [2.45, 2.75) is 6.92 Å². The number of carbonyl (C=O) groups excluding carboxylic acids is 1. The number of hydrogen-bond donors (Lipinski definition) is 1. The highest BCUT2D eigenvalue weighted by atomic mass is 32.2. The van der Waals surface area contributed by atoms with Crippen molar-refractivity contribution in [2.24, 2.45) is 0 Å². The standard InChI is InChI=1S/C12H15N3O4S2/c1-2-19-12(16)9-10(14)8(7-13)20-11(9)15-3-5-21(17,18)6-4-15/h2-6,14H2,1H3. The second-order valence-electron chi connectivity index (χ2n) is 4.50. The number of carbonyl (C=O) groups is 1. The first-order valence-electron chi connectivity index (χ1n) is 6.34. The molecule has 1 aliphatic heterocycles. The van der Waals surface area contributed by atoms with Crippen molar-refractivity contribution in [1.82, 2.24) is 0 Å². The number of hydrogen-bond acceptors (Lipinski definition) is 8. The number of nitrogens with zero attached hydrogens (tertiary/aromatic N) is 2. The summed E-state index contributed by atoms with van der Waals surface area (Å²) in [5.41, 5.74) is 6.11. The Morgan fingerprint density at radius 1 is 1.48 bits per heavy atom. The Balaban J connectivity index is 2.39. The van der Waals surface area contributed by atoms with Gasteiger partial charge in [0.2, 0.25) is 0 Å². The van der Waals surface area contributed by atoms with Crippen LogP contribution >= 0.6 is 11.3 Å². The Labute approximate surface area is 126 Å². The molecule has 1 saturated heterocycles. The van der Waals surface area contributed by atoms with Crippen LogP contribution in [0.2, 0.25) is 0 Å². The van der Waals surface area contributed by atoms with Crippen molar-refractivity contribution in [3.8, 4) is 6.07 Å². The number of rotatable bonds is 3. The predicted octanol–water partition coefficient (Wildman–Crippen LogP) is 0.613. The van der Waals surface area contributed by atoms with Crippen LogP contribution in [0.1, 0.15) is 22.2 Å². The van der Waals surface area contributed by atoms with Crippen LogP contribution < -0.4 is 10.6 Å². The summed E-state index contributed by atoms with van der Waals surface area (Å²) in [4.78, 5) is 14.0. The summed E-state index contributed by atoms with van der Waals surface area (Å²) in [5.74, 6) is -0.541. The van der Waals surface area contributed by atoms with E-state index in [0.29, 0.717) is 5.00 Å². The number of esters is 1. The van der Waals surface area contributed by atoms with Gasteiger partial charge in [0.15, 0.2) is 9.84 Å². The summed E-state index contributed by atoms with van der Waals surface area (Å²) in [6.07, 6.45) is 0. The number of ether oxygens (including phenoxy) is 1. The number of anilines is 2. The van der Waals surface area contributed by atoms with Crippen LogP contribution in [0.4, 0.5) is 10.7 Å². The van der Waals surface area contributed by atoms with Crippen LogP contribution in [0.25, 0.3) is 0 Å². The smallest absolute Gasteiger partial charge is 0.343 e. The fourth-order valence-corrected chi connectivity index (χ4v) is 4.31. The second-order valence-corrected chi connectivity index (χ2v) is 7.80. The lowest BCUT2D eigenvalue weighted by Crippen LogP contribution is -2.40. The first-order valence-corrected chi connectivity index (χ1v) is 8.98. The summed E-state index contributed by atoms with van der Waals surface area (Å²) in [5, 5.41) is 9.57. The molecular weight excluding hydrogens is 314 g/mol. The Kier molecular flexibility index (Phi) is 4.39. The van der Waals surface area contributed by atoms with E-state index in [1.807, 2.05) is 6.07 Å². The molecule has 0 atom stereocenters. The van der Waals surface area contributed by atoms with E-state index in [-0.39, 0.29) is 47.3 Å². The fourth-order valence-electron chi connectivity index (χ4n) is 2.05. The zero-order valence-electron chi connectivity index (χ0n) is 11.5. The molecule has 9 heteroatoms. The molecule has 2 heterocycles.